The SMILES string of the molecule is CC(=O)c1cccc(NC(=O)CCCCCNC(N)=O)c1. The molecule has 0 fully saturated rings. The number of urea groups is 1. The van der Waals surface area contributed by atoms with Gasteiger partial charge in [-0.25, -0.2) is 4.79 Å². The van der Waals surface area contributed by atoms with Crippen LogP contribution in [0.5, 0.6) is 0 Å². The summed E-state index contributed by atoms with van der Waals surface area (Å²) >= 11 is 0. The second-order valence-corrected chi connectivity index (χ2v) is 4.79. The van der Waals surface area contributed by atoms with Gasteiger partial charge in [-0.05, 0) is 31.9 Å². The van der Waals surface area contributed by atoms with Gasteiger partial charge in [0.2, 0.25) is 5.91 Å². The van der Waals surface area contributed by atoms with Crippen LogP contribution in [0.15, 0.2) is 24.3 Å². The van der Waals surface area contributed by atoms with E-state index in [1.165, 1.54) is 6.92 Å². The molecule has 6 heteroatoms. The molecule has 0 saturated heterocycles. The third-order valence-electron chi connectivity index (χ3n) is 2.93. The van der Waals surface area contributed by atoms with Gasteiger partial charge in [0.05, 0.1) is 0 Å². The van der Waals surface area contributed by atoms with Gasteiger partial charge in [-0.1, -0.05) is 18.6 Å². The molecule has 0 saturated carbocycles. The summed E-state index contributed by atoms with van der Waals surface area (Å²) in [5, 5.41) is 5.26. The Bertz CT molecular complexity index is 515. The van der Waals surface area contributed by atoms with E-state index in [0.717, 1.165) is 19.3 Å². The average molecular weight is 291 g/mol. The molecule has 0 aliphatic heterocycles. The van der Waals surface area contributed by atoms with Crippen LogP contribution in [0, 0.1) is 0 Å². The molecule has 0 unspecified atom stereocenters. The van der Waals surface area contributed by atoms with Gasteiger partial charge in [0, 0.05) is 24.2 Å². The van der Waals surface area contributed by atoms with Crippen LogP contribution in [0.4, 0.5) is 10.5 Å². The minimum absolute atomic E-state index is 0.0342. The number of hydrogen-bond acceptors (Lipinski definition) is 3. The number of carbonyl (C=O) groups excluding carboxylic acids is 3. The summed E-state index contributed by atoms with van der Waals surface area (Å²) in [5.74, 6) is -0.119. The standard InChI is InChI=1S/C15H21N3O3/c1-11(19)12-6-5-7-13(10-12)18-14(20)8-3-2-4-9-17-15(16)21/h5-7,10H,2-4,8-9H2,1H3,(H,18,20)(H3,16,17,21). The van der Waals surface area contributed by atoms with E-state index in [4.69, 9.17) is 5.73 Å². The quantitative estimate of drug-likeness (QED) is 0.504. The monoisotopic (exact) mass is 291 g/mol. The van der Waals surface area contributed by atoms with Crippen molar-refractivity contribution >= 4 is 23.4 Å². The van der Waals surface area contributed by atoms with Crippen molar-refractivity contribution in [3.8, 4) is 0 Å². The molecule has 0 bridgehead atoms. The van der Waals surface area contributed by atoms with Gasteiger partial charge in [-0.2, -0.15) is 0 Å². The smallest absolute Gasteiger partial charge is 0.312 e. The maximum atomic E-state index is 11.7. The molecule has 114 valence electrons. The number of benzene rings is 1. The van der Waals surface area contributed by atoms with Crippen molar-refractivity contribution in [1.82, 2.24) is 5.32 Å². The fraction of sp³-hybridized carbons (Fsp3) is 0.400. The topological polar surface area (TPSA) is 101 Å². The molecule has 0 atom stereocenters. The maximum absolute atomic E-state index is 11.7. The van der Waals surface area contributed by atoms with Crippen molar-refractivity contribution < 1.29 is 14.4 Å². The molecule has 1 rings (SSSR count). The molecule has 6 nitrogen and oxygen atoms in total. The van der Waals surface area contributed by atoms with Crippen LogP contribution < -0.4 is 16.4 Å². The zero-order valence-corrected chi connectivity index (χ0v) is 12.1. The third-order valence-corrected chi connectivity index (χ3v) is 2.93. The highest BCUT2D eigenvalue weighted by Gasteiger charge is 2.04. The zero-order chi connectivity index (χ0) is 15.7. The summed E-state index contributed by atoms with van der Waals surface area (Å²) in [6, 6.07) is 6.34. The molecule has 0 aromatic heterocycles. The predicted octanol–water partition coefficient (Wildman–Crippen LogP) is 2.06. The summed E-state index contributed by atoms with van der Waals surface area (Å²) in [6.45, 7) is 2.01. The summed E-state index contributed by atoms with van der Waals surface area (Å²) in [6.07, 6.45) is 2.76. The lowest BCUT2D eigenvalue weighted by Crippen LogP contribution is -2.29. The number of anilines is 1. The van der Waals surface area contributed by atoms with E-state index in [1.807, 2.05) is 0 Å². The van der Waals surface area contributed by atoms with Gasteiger partial charge in [0.25, 0.3) is 0 Å². The first-order valence-electron chi connectivity index (χ1n) is 6.93. The van der Waals surface area contributed by atoms with E-state index in [1.54, 1.807) is 24.3 Å². The first-order chi connectivity index (χ1) is 9.99. The van der Waals surface area contributed by atoms with Gasteiger partial charge >= 0.3 is 6.03 Å². The Balaban J connectivity index is 2.26. The number of amides is 3. The number of hydrogen-bond donors (Lipinski definition) is 3. The molecule has 0 aliphatic carbocycles. The highest BCUT2D eigenvalue weighted by atomic mass is 16.2. The number of carbonyl (C=O) groups is 3. The van der Waals surface area contributed by atoms with Crippen LogP contribution in [0.1, 0.15) is 43.0 Å². The minimum atomic E-state index is -0.530. The van der Waals surface area contributed by atoms with Gasteiger partial charge < -0.3 is 16.4 Å². The van der Waals surface area contributed by atoms with Crippen LogP contribution in [-0.4, -0.2) is 24.3 Å². The fourth-order valence-corrected chi connectivity index (χ4v) is 1.84. The molecule has 0 radical (unpaired) electrons. The normalized spacial score (nSPS) is 9.95. The molecule has 21 heavy (non-hydrogen) atoms. The largest absolute Gasteiger partial charge is 0.352 e. The van der Waals surface area contributed by atoms with Crippen LogP contribution >= 0.6 is 0 Å². The maximum Gasteiger partial charge on any atom is 0.312 e. The second-order valence-electron chi connectivity index (χ2n) is 4.79. The van der Waals surface area contributed by atoms with Crippen LogP contribution in [-0.2, 0) is 4.79 Å². The number of ketones is 1. The summed E-state index contributed by atoms with van der Waals surface area (Å²) < 4.78 is 0. The van der Waals surface area contributed by atoms with Crippen LogP contribution in [0.2, 0.25) is 0 Å². The Morgan fingerprint density at radius 1 is 1.14 bits per heavy atom. The van der Waals surface area contributed by atoms with E-state index >= 15 is 0 Å². The van der Waals surface area contributed by atoms with E-state index in [2.05, 4.69) is 10.6 Å². The Hall–Kier alpha value is -2.37. The summed E-state index contributed by atoms with van der Waals surface area (Å²) in [4.78, 5) is 33.4. The Morgan fingerprint density at radius 2 is 1.90 bits per heavy atom. The first kappa shape index (κ1) is 16.7. The summed E-state index contributed by atoms with van der Waals surface area (Å²) in [5.41, 5.74) is 6.14. The van der Waals surface area contributed by atoms with Crippen molar-refractivity contribution in [2.24, 2.45) is 5.73 Å². The molecule has 0 heterocycles. The lowest BCUT2D eigenvalue weighted by molar-refractivity contribution is -0.116. The van der Waals surface area contributed by atoms with Crippen molar-refractivity contribution in [2.45, 2.75) is 32.6 Å². The first-order valence-corrected chi connectivity index (χ1v) is 6.93. The van der Waals surface area contributed by atoms with E-state index in [-0.39, 0.29) is 11.7 Å². The molecule has 3 amide bonds. The molecular formula is C15H21N3O3. The lowest BCUT2D eigenvalue weighted by Gasteiger charge is -2.06. The Morgan fingerprint density at radius 3 is 2.57 bits per heavy atom. The van der Waals surface area contributed by atoms with E-state index in [9.17, 15) is 14.4 Å². The minimum Gasteiger partial charge on any atom is -0.352 e. The van der Waals surface area contributed by atoms with Crippen LogP contribution in [0.3, 0.4) is 0 Å². The highest BCUT2D eigenvalue weighted by molar-refractivity contribution is 5.97. The van der Waals surface area contributed by atoms with Gasteiger partial charge in [0.15, 0.2) is 5.78 Å². The van der Waals surface area contributed by atoms with Gasteiger partial charge in [-0.15, -0.1) is 0 Å². The van der Waals surface area contributed by atoms with Crippen molar-refractivity contribution in [1.29, 1.82) is 0 Å². The molecular weight excluding hydrogens is 270 g/mol. The highest BCUT2D eigenvalue weighted by Crippen LogP contribution is 2.12. The number of primary amides is 1. The Kier molecular flexibility index (Phi) is 6.94. The molecule has 1 aromatic rings. The van der Waals surface area contributed by atoms with Crippen LogP contribution in [0.25, 0.3) is 0 Å². The second kappa shape index (κ2) is 8.73. The third kappa shape index (κ3) is 7.10. The van der Waals surface area contributed by atoms with E-state index < -0.39 is 6.03 Å². The van der Waals surface area contributed by atoms with Crippen molar-refractivity contribution in [3.05, 3.63) is 29.8 Å². The average Bonchev–Trinajstić information content (AvgIpc) is 2.42. The number of Topliss-reactive ketones (excluding diaryl/α,β-unsaturated/α-hetero) is 1. The Labute approximate surface area is 124 Å². The molecule has 0 aliphatic rings. The van der Waals surface area contributed by atoms with Gasteiger partial charge in [-0.3, -0.25) is 9.59 Å². The summed E-state index contributed by atoms with van der Waals surface area (Å²) in [7, 11) is 0. The fourth-order valence-electron chi connectivity index (χ4n) is 1.84. The number of nitrogens with two attached hydrogens (primary N) is 1. The zero-order valence-electron chi connectivity index (χ0n) is 12.1. The van der Waals surface area contributed by atoms with Crippen molar-refractivity contribution in [3.63, 3.8) is 0 Å². The number of nitrogens with one attached hydrogen (secondary N) is 2. The van der Waals surface area contributed by atoms with Crippen molar-refractivity contribution in [2.75, 3.05) is 11.9 Å². The number of rotatable bonds is 8. The number of unbranched alkanes of at least 4 members (excludes halogenated alkanes) is 2. The molecule has 1 aromatic carbocycles. The predicted molar refractivity (Wildman–Crippen MR) is 81.1 cm³/mol. The molecule has 4 N–H and O–H groups in total. The van der Waals surface area contributed by atoms with Gasteiger partial charge in [0.1, 0.15) is 0 Å². The molecule has 0 spiro atoms. The lowest BCUT2D eigenvalue weighted by atomic mass is 10.1. The van der Waals surface area contributed by atoms with E-state index in [0.29, 0.717) is 24.2 Å².